The smallest absolute Gasteiger partial charge is 0.274 e. The monoisotopic (exact) mass is 283 g/mol. The van der Waals surface area contributed by atoms with Crippen LogP contribution in [0.2, 0.25) is 0 Å². The molecule has 0 saturated heterocycles. The fourth-order valence-electron chi connectivity index (χ4n) is 2.73. The van der Waals surface area contributed by atoms with Gasteiger partial charge in [0.2, 0.25) is 0 Å². The molecule has 0 aliphatic heterocycles. The van der Waals surface area contributed by atoms with Crippen LogP contribution in [-0.4, -0.2) is 15.9 Å². The highest BCUT2D eigenvalue weighted by molar-refractivity contribution is 5.96. The maximum Gasteiger partial charge on any atom is 0.274 e. The number of fused-ring (bicyclic) bond motifs is 1. The number of carbonyl (C=O) groups excluding carboxylic acids is 1. The summed E-state index contributed by atoms with van der Waals surface area (Å²) in [4.78, 5) is 20.2. The molecule has 1 aliphatic rings. The van der Waals surface area contributed by atoms with Crippen molar-refractivity contribution >= 4 is 17.4 Å². The Morgan fingerprint density at radius 2 is 2.05 bits per heavy atom. The third-order valence-corrected chi connectivity index (χ3v) is 3.73. The van der Waals surface area contributed by atoms with Crippen molar-refractivity contribution in [2.24, 2.45) is 0 Å². The Bertz CT molecular complexity index is 686. The van der Waals surface area contributed by atoms with Crippen LogP contribution in [0.3, 0.4) is 0 Å². The van der Waals surface area contributed by atoms with Crippen molar-refractivity contribution in [3.63, 3.8) is 0 Å². The first-order valence-electron chi connectivity index (χ1n) is 6.91. The minimum atomic E-state index is -0.296. The van der Waals surface area contributed by atoms with Gasteiger partial charge in [0.05, 0.1) is 6.04 Å². The molecular weight excluding hydrogens is 266 g/mol. The van der Waals surface area contributed by atoms with Gasteiger partial charge in [-0.15, -0.1) is 0 Å². The summed E-state index contributed by atoms with van der Waals surface area (Å²) in [5.74, 6) is -0.154. The SMILES string of the molecule is Nc1ccc2c(c1)CCCC2NC(=O)c1nccnc1N. The second kappa shape index (κ2) is 5.40. The van der Waals surface area contributed by atoms with Crippen LogP contribution in [-0.2, 0) is 6.42 Å². The molecule has 3 rings (SSSR count). The van der Waals surface area contributed by atoms with Gasteiger partial charge in [-0.05, 0) is 42.5 Å². The van der Waals surface area contributed by atoms with E-state index >= 15 is 0 Å². The van der Waals surface area contributed by atoms with Gasteiger partial charge in [0.25, 0.3) is 5.91 Å². The van der Waals surface area contributed by atoms with Gasteiger partial charge in [0.15, 0.2) is 11.5 Å². The summed E-state index contributed by atoms with van der Waals surface area (Å²) in [5.41, 5.74) is 14.7. The van der Waals surface area contributed by atoms with E-state index in [1.807, 2.05) is 18.2 Å². The van der Waals surface area contributed by atoms with E-state index < -0.39 is 0 Å². The number of nitrogens with two attached hydrogens (primary N) is 2. The fourth-order valence-corrected chi connectivity index (χ4v) is 2.73. The highest BCUT2D eigenvalue weighted by Gasteiger charge is 2.23. The summed E-state index contributed by atoms with van der Waals surface area (Å²) < 4.78 is 0. The lowest BCUT2D eigenvalue weighted by Gasteiger charge is -2.26. The zero-order valence-electron chi connectivity index (χ0n) is 11.5. The standard InChI is InChI=1S/C15H17N5O/c16-10-4-5-11-9(8-10)2-1-3-12(11)20-15(21)13-14(17)19-7-6-18-13/h4-8,12H,1-3,16H2,(H2,17,19)(H,20,21). The van der Waals surface area contributed by atoms with Crippen LogP contribution < -0.4 is 16.8 Å². The third kappa shape index (κ3) is 2.65. The average Bonchev–Trinajstić information content (AvgIpc) is 2.47. The maximum atomic E-state index is 12.3. The molecule has 1 aromatic carbocycles. The van der Waals surface area contributed by atoms with Crippen LogP contribution >= 0.6 is 0 Å². The Balaban J connectivity index is 1.84. The normalized spacial score (nSPS) is 17.0. The van der Waals surface area contributed by atoms with Crippen LogP contribution in [0.25, 0.3) is 0 Å². The molecule has 6 heteroatoms. The van der Waals surface area contributed by atoms with E-state index in [0.717, 1.165) is 30.5 Å². The molecule has 0 bridgehead atoms. The Labute approximate surface area is 122 Å². The first kappa shape index (κ1) is 13.4. The first-order chi connectivity index (χ1) is 10.1. The molecule has 1 aromatic heterocycles. The van der Waals surface area contributed by atoms with Crippen molar-refractivity contribution in [3.8, 4) is 0 Å². The number of benzene rings is 1. The lowest BCUT2D eigenvalue weighted by Crippen LogP contribution is -2.32. The second-order valence-electron chi connectivity index (χ2n) is 5.17. The van der Waals surface area contributed by atoms with Crippen molar-refractivity contribution in [2.75, 3.05) is 11.5 Å². The molecule has 2 aromatic rings. The van der Waals surface area contributed by atoms with E-state index in [4.69, 9.17) is 11.5 Å². The number of aryl methyl sites for hydroxylation is 1. The predicted octanol–water partition coefficient (Wildman–Crippen LogP) is 1.45. The van der Waals surface area contributed by atoms with Gasteiger partial charge in [0.1, 0.15) is 0 Å². The van der Waals surface area contributed by atoms with Gasteiger partial charge in [-0.3, -0.25) is 4.79 Å². The summed E-state index contributed by atoms with van der Waals surface area (Å²) >= 11 is 0. The largest absolute Gasteiger partial charge is 0.399 e. The number of aromatic nitrogens is 2. The molecule has 108 valence electrons. The zero-order valence-corrected chi connectivity index (χ0v) is 11.5. The van der Waals surface area contributed by atoms with Gasteiger partial charge < -0.3 is 16.8 Å². The fraction of sp³-hybridized carbons (Fsp3) is 0.267. The van der Waals surface area contributed by atoms with E-state index in [0.29, 0.717) is 0 Å². The van der Waals surface area contributed by atoms with Crippen LogP contribution in [0.15, 0.2) is 30.6 Å². The Kier molecular flexibility index (Phi) is 3.43. The molecule has 6 nitrogen and oxygen atoms in total. The molecule has 0 radical (unpaired) electrons. The van der Waals surface area contributed by atoms with Gasteiger partial charge in [-0.1, -0.05) is 6.07 Å². The first-order valence-corrected chi connectivity index (χ1v) is 6.91. The highest BCUT2D eigenvalue weighted by atomic mass is 16.2. The molecule has 1 aliphatic carbocycles. The number of hydrogen-bond donors (Lipinski definition) is 3. The molecule has 0 spiro atoms. The van der Waals surface area contributed by atoms with E-state index in [2.05, 4.69) is 15.3 Å². The molecule has 0 saturated carbocycles. The Morgan fingerprint density at radius 3 is 2.86 bits per heavy atom. The Hall–Kier alpha value is -2.63. The summed E-state index contributed by atoms with van der Waals surface area (Å²) in [6, 6.07) is 5.78. The number of rotatable bonds is 2. The number of nitrogens with one attached hydrogen (secondary N) is 1. The van der Waals surface area contributed by atoms with Crippen molar-refractivity contribution in [1.29, 1.82) is 0 Å². The van der Waals surface area contributed by atoms with E-state index in [1.54, 1.807) is 0 Å². The van der Waals surface area contributed by atoms with E-state index in [1.165, 1.54) is 18.0 Å². The van der Waals surface area contributed by atoms with Crippen molar-refractivity contribution in [2.45, 2.75) is 25.3 Å². The average molecular weight is 283 g/mol. The lowest BCUT2D eigenvalue weighted by molar-refractivity contribution is 0.0928. The molecule has 1 heterocycles. The maximum absolute atomic E-state index is 12.3. The molecule has 0 fully saturated rings. The number of anilines is 2. The summed E-state index contributed by atoms with van der Waals surface area (Å²) in [6.45, 7) is 0. The lowest BCUT2D eigenvalue weighted by atomic mass is 9.87. The summed E-state index contributed by atoms with van der Waals surface area (Å²) in [7, 11) is 0. The summed E-state index contributed by atoms with van der Waals surface area (Å²) in [5, 5.41) is 2.99. The number of nitrogens with zero attached hydrogens (tertiary/aromatic N) is 2. The van der Waals surface area contributed by atoms with Crippen LogP contribution in [0, 0.1) is 0 Å². The Morgan fingerprint density at radius 1 is 1.24 bits per heavy atom. The quantitative estimate of drug-likeness (QED) is 0.723. The second-order valence-corrected chi connectivity index (χ2v) is 5.17. The van der Waals surface area contributed by atoms with Crippen LogP contribution in [0.5, 0.6) is 0 Å². The molecule has 21 heavy (non-hydrogen) atoms. The number of hydrogen-bond acceptors (Lipinski definition) is 5. The number of nitrogen functional groups attached to an aromatic ring is 2. The van der Waals surface area contributed by atoms with Crippen LogP contribution in [0.4, 0.5) is 11.5 Å². The molecule has 1 unspecified atom stereocenters. The predicted molar refractivity (Wildman–Crippen MR) is 80.4 cm³/mol. The van der Waals surface area contributed by atoms with E-state index in [-0.39, 0.29) is 23.5 Å². The summed E-state index contributed by atoms with van der Waals surface area (Å²) in [6.07, 6.45) is 5.81. The van der Waals surface area contributed by atoms with Gasteiger partial charge in [-0.25, -0.2) is 9.97 Å². The third-order valence-electron chi connectivity index (χ3n) is 3.73. The highest BCUT2D eigenvalue weighted by Crippen LogP contribution is 2.31. The molecule has 1 atom stereocenters. The van der Waals surface area contributed by atoms with Crippen LogP contribution in [0.1, 0.15) is 40.5 Å². The van der Waals surface area contributed by atoms with Crippen molar-refractivity contribution < 1.29 is 4.79 Å². The molecule has 5 N–H and O–H groups in total. The molecular formula is C15H17N5O. The van der Waals surface area contributed by atoms with Gasteiger partial charge >= 0.3 is 0 Å². The number of amides is 1. The van der Waals surface area contributed by atoms with E-state index in [9.17, 15) is 4.79 Å². The topological polar surface area (TPSA) is 107 Å². The van der Waals surface area contributed by atoms with Crippen molar-refractivity contribution in [3.05, 3.63) is 47.4 Å². The van der Waals surface area contributed by atoms with Gasteiger partial charge in [0, 0.05) is 18.1 Å². The minimum Gasteiger partial charge on any atom is -0.399 e. The van der Waals surface area contributed by atoms with Crippen molar-refractivity contribution in [1.82, 2.24) is 15.3 Å². The van der Waals surface area contributed by atoms with Gasteiger partial charge in [-0.2, -0.15) is 0 Å². The minimum absolute atomic E-state index is 0.0387. The molecule has 1 amide bonds. The zero-order chi connectivity index (χ0) is 14.8. The number of carbonyl (C=O) groups is 1.